The lowest BCUT2D eigenvalue weighted by molar-refractivity contribution is 0.0577. The number of hydrogen-bond acceptors (Lipinski definition) is 5. The molecule has 2 atom stereocenters. The van der Waals surface area contributed by atoms with E-state index in [9.17, 15) is 10.2 Å². The van der Waals surface area contributed by atoms with Gasteiger partial charge < -0.3 is 25.0 Å². The molecule has 0 aromatic heterocycles. The summed E-state index contributed by atoms with van der Waals surface area (Å²) in [5.41, 5.74) is 0. The van der Waals surface area contributed by atoms with Crippen LogP contribution in [-0.2, 0) is 4.74 Å². The molecule has 20 heavy (non-hydrogen) atoms. The third kappa shape index (κ3) is 7.67. The number of benzene rings is 1. The highest BCUT2D eigenvalue weighted by atomic mass is 35.5. The zero-order valence-electron chi connectivity index (χ0n) is 11.6. The molecule has 0 aliphatic carbocycles. The largest absolute Gasteiger partial charge is 0.491 e. The highest BCUT2D eigenvalue weighted by Crippen LogP contribution is 2.17. The highest BCUT2D eigenvalue weighted by Gasteiger charge is 2.07. The van der Waals surface area contributed by atoms with E-state index < -0.39 is 12.2 Å². The van der Waals surface area contributed by atoms with Crippen molar-refractivity contribution in [2.24, 2.45) is 0 Å². The number of nitrogens with one attached hydrogen (secondary N) is 1. The van der Waals surface area contributed by atoms with Crippen molar-refractivity contribution in [1.82, 2.24) is 5.32 Å². The molecule has 0 saturated heterocycles. The van der Waals surface area contributed by atoms with Gasteiger partial charge in [-0.05, 0) is 31.2 Å². The monoisotopic (exact) mass is 303 g/mol. The number of aliphatic hydroxyl groups is 2. The summed E-state index contributed by atoms with van der Waals surface area (Å²) in [7, 11) is 1.55. The van der Waals surface area contributed by atoms with Gasteiger partial charge in [-0.25, -0.2) is 0 Å². The van der Waals surface area contributed by atoms with E-state index in [-0.39, 0.29) is 6.61 Å². The summed E-state index contributed by atoms with van der Waals surface area (Å²) >= 11 is 5.83. The number of methoxy groups -OCH3 is 1. The highest BCUT2D eigenvalue weighted by molar-refractivity contribution is 6.30. The molecule has 0 aliphatic rings. The third-order valence-electron chi connectivity index (χ3n) is 2.63. The topological polar surface area (TPSA) is 71.0 Å². The lowest BCUT2D eigenvalue weighted by atomic mass is 10.2. The second kappa shape index (κ2) is 9.96. The molecule has 114 valence electrons. The molecule has 0 amide bonds. The predicted molar refractivity (Wildman–Crippen MR) is 78.3 cm³/mol. The van der Waals surface area contributed by atoms with E-state index in [1.54, 1.807) is 31.4 Å². The summed E-state index contributed by atoms with van der Waals surface area (Å²) in [4.78, 5) is 0. The average molecular weight is 304 g/mol. The summed E-state index contributed by atoms with van der Waals surface area (Å²) in [6.07, 6.45) is -0.517. The Labute approximate surface area is 124 Å². The number of halogens is 1. The normalized spacial score (nSPS) is 14.0. The molecule has 3 N–H and O–H groups in total. The SMILES string of the molecule is COCC(O)CCNCC(O)COc1cccc(Cl)c1. The Kier molecular flexibility index (Phi) is 8.57. The molecule has 6 heteroatoms. The molecule has 0 saturated carbocycles. The minimum atomic E-state index is -0.617. The van der Waals surface area contributed by atoms with Crippen LogP contribution in [0.4, 0.5) is 0 Å². The first-order valence-corrected chi connectivity index (χ1v) is 6.93. The van der Waals surface area contributed by atoms with Crippen LogP contribution < -0.4 is 10.1 Å². The van der Waals surface area contributed by atoms with Gasteiger partial charge in [-0.1, -0.05) is 17.7 Å². The molecule has 5 nitrogen and oxygen atoms in total. The van der Waals surface area contributed by atoms with E-state index in [0.29, 0.717) is 36.9 Å². The second-order valence-electron chi connectivity index (χ2n) is 4.52. The van der Waals surface area contributed by atoms with Crippen LogP contribution in [0, 0.1) is 0 Å². The van der Waals surface area contributed by atoms with Gasteiger partial charge in [-0.3, -0.25) is 0 Å². The molecule has 1 aromatic carbocycles. The van der Waals surface area contributed by atoms with E-state index in [1.165, 1.54) is 0 Å². The average Bonchev–Trinajstić information content (AvgIpc) is 2.42. The van der Waals surface area contributed by atoms with Crippen LogP contribution >= 0.6 is 11.6 Å². The van der Waals surface area contributed by atoms with Crippen molar-refractivity contribution >= 4 is 11.6 Å². The van der Waals surface area contributed by atoms with Gasteiger partial charge in [0, 0.05) is 18.7 Å². The summed E-state index contributed by atoms with van der Waals surface area (Å²) in [5, 5.41) is 22.8. The van der Waals surface area contributed by atoms with Crippen molar-refractivity contribution in [2.75, 3.05) is 33.4 Å². The predicted octanol–water partition coefficient (Wildman–Crippen LogP) is 1.07. The van der Waals surface area contributed by atoms with Gasteiger partial charge in [0.05, 0.1) is 12.7 Å². The van der Waals surface area contributed by atoms with E-state index >= 15 is 0 Å². The van der Waals surface area contributed by atoms with E-state index in [0.717, 1.165) is 0 Å². The maximum atomic E-state index is 9.74. The minimum absolute atomic E-state index is 0.188. The molecule has 1 aromatic rings. The first kappa shape index (κ1) is 17.2. The lowest BCUT2D eigenvalue weighted by Crippen LogP contribution is -2.33. The van der Waals surface area contributed by atoms with Crippen molar-refractivity contribution in [3.63, 3.8) is 0 Å². The maximum Gasteiger partial charge on any atom is 0.120 e. The zero-order chi connectivity index (χ0) is 14.8. The Bertz CT molecular complexity index is 378. The standard InChI is InChI=1S/C14H22ClNO4/c1-19-9-12(17)5-6-16-8-13(18)10-20-14-4-2-3-11(15)7-14/h2-4,7,12-13,16-18H,5-6,8-10H2,1H3. The summed E-state index contributed by atoms with van der Waals surface area (Å²) < 4.78 is 10.2. The molecule has 0 bridgehead atoms. The fourth-order valence-corrected chi connectivity index (χ4v) is 1.80. The Hall–Kier alpha value is -0.850. The Morgan fingerprint density at radius 1 is 1.25 bits per heavy atom. The number of hydrogen-bond donors (Lipinski definition) is 3. The Balaban J connectivity index is 2.10. The van der Waals surface area contributed by atoms with Gasteiger partial charge in [0.15, 0.2) is 0 Å². The molecular weight excluding hydrogens is 282 g/mol. The van der Waals surface area contributed by atoms with E-state index in [2.05, 4.69) is 5.32 Å². The van der Waals surface area contributed by atoms with E-state index in [4.69, 9.17) is 21.1 Å². The maximum absolute atomic E-state index is 9.74. The fourth-order valence-electron chi connectivity index (χ4n) is 1.62. The van der Waals surface area contributed by atoms with Gasteiger partial charge in [0.25, 0.3) is 0 Å². The van der Waals surface area contributed by atoms with Crippen LogP contribution in [0.2, 0.25) is 5.02 Å². The van der Waals surface area contributed by atoms with Crippen LogP contribution in [-0.4, -0.2) is 55.8 Å². The van der Waals surface area contributed by atoms with Crippen LogP contribution in [0.5, 0.6) is 5.75 Å². The van der Waals surface area contributed by atoms with Crippen LogP contribution in [0.15, 0.2) is 24.3 Å². The van der Waals surface area contributed by atoms with Gasteiger partial charge in [0.1, 0.15) is 18.5 Å². The first-order valence-electron chi connectivity index (χ1n) is 6.56. The zero-order valence-corrected chi connectivity index (χ0v) is 12.3. The quantitative estimate of drug-likeness (QED) is 0.564. The lowest BCUT2D eigenvalue weighted by Gasteiger charge is -2.14. The summed E-state index contributed by atoms with van der Waals surface area (Å²) in [5.74, 6) is 0.632. The third-order valence-corrected chi connectivity index (χ3v) is 2.87. The molecule has 0 fully saturated rings. The van der Waals surface area contributed by atoms with Gasteiger partial charge in [-0.2, -0.15) is 0 Å². The van der Waals surface area contributed by atoms with Crippen LogP contribution in [0.3, 0.4) is 0 Å². The molecule has 0 spiro atoms. The Morgan fingerprint density at radius 3 is 2.75 bits per heavy atom. The number of aliphatic hydroxyl groups excluding tert-OH is 2. The second-order valence-corrected chi connectivity index (χ2v) is 4.96. The Morgan fingerprint density at radius 2 is 2.05 bits per heavy atom. The molecular formula is C14H22ClNO4. The summed E-state index contributed by atoms with van der Waals surface area (Å²) in [6.45, 7) is 1.52. The molecule has 2 unspecified atom stereocenters. The van der Waals surface area contributed by atoms with Crippen LogP contribution in [0.1, 0.15) is 6.42 Å². The molecule has 0 heterocycles. The van der Waals surface area contributed by atoms with Crippen molar-refractivity contribution in [3.05, 3.63) is 29.3 Å². The van der Waals surface area contributed by atoms with Gasteiger partial charge >= 0.3 is 0 Å². The number of rotatable bonds is 10. The van der Waals surface area contributed by atoms with Crippen molar-refractivity contribution in [2.45, 2.75) is 18.6 Å². The van der Waals surface area contributed by atoms with Crippen LogP contribution in [0.25, 0.3) is 0 Å². The van der Waals surface area contributed by atoms with Crippen molar-refractivity contribution in [1.29, 1.82) is 0 Å². The summed E-state index contributed by atoms with van der Waals surface area (Å²) in [6, 6.07) is 7.03. The molecule has 0 aliphatic heterocycles. The smallest absolute Gasteiger partial charge is 0.120 e. The first-order chi connectivity index (χ1) is 9.61. The minimum Gasteiger partial charge on any atom is -0.491 e. The molecule has 1 rings (SSSR count). The molecule has 0 radical (unpaired) electrons. The van der Waals surface area contributed by atoms with Gasteiger partial charge in [-0.15, -0.1) is 0 Å². The van der Waals surface area contributed by atoms with E-state index in [1.807, 2.05) is 0 Å². The fraction of sp³-hybridized carbons (Fsp3) is 0.571. The van der Waals surface area contributed by atoms with Crippen molar-refractivity contribution in [3.8, 4) is 5.75 Å². The number of ether oxygens (including phenoxy) is 2. The van der Waals surface area contributed by atoms with Crippen molar-refractivity contribution < 1.29 is 19.7 Å². The van der Waals surface area contributed by atoms with Gasteiger partial charge in [0.2, 0.25) is 0 Å².